The van der Waals surface area contributed by atoms with Crippen LogP contribution in [-0.4, -0.2) is 11.7 Å². The fourth-order valence-corrected chi connectivity index (χ4v) is 5.36. The van der Waals surface area contributed by atoms with Crippen LogP contribution in [0.5, 0.6) is 0 Å². The second-order valence-electron chi connectivity index (χ2n) is 10.2. The normalized spacial score (nSPS) is 14.4. The van der Waals surface area contributed by atoms with Gasteiger partial charge >= 0.3 is 0 Å². The number of amidine groups is 2. The molecule has 7 rings (SSSR count). The Balaban J connectivity index is 1.21. The number of hydrogen-bond acceptors (Lipinski definition) is 4. The summed E-state index contributed by atoms with van der Waals surface area (Å²) >= 11 is 0. The van der Waals surface area contributed by atoms with Crippen LogP contribution in [0, 0.1) is 11.3 Å². The molecule has 1 aliphatic heterocycles. The van der Waals surface area contributed by atoms with Gasteiger partial charge in [-0.15, -0.1) is 0 Å². The lowest BCUT2D eigenvalue weighted by molar-refractivity contribution is 0.674. The van der Waals surface area contributed by atoms with Gasteiger partial charge in [0.1, 0.15) is 12.0 Å². The molecule has 1 aliphatic rings. The summed E-state index contributed by atoms with van der Waals surface area (Å²) in [6.07, 6.45) is -0.263. The molecule has 6 aromatic carbocycles. The number of nitrogens with one attached hydrogen (secondary N) is 1. The van der Waals surface area contributed by atoms with Gasteiger partial charge in [-0.05, 0) is 56.8 Å². The summed E-state index contributed by atoms with van der Waals surface area (Å²) in [5, 5.41) is 15.4. The van der Waals surface area contributed by atoms with Crippen LogP contribution in [0.25, 0.3) is 33.0 Å². The Labute approximate surface area is 245 Å². The number of nitriles is 1. The lowest BCUT2D eigenvalue weighted by Crippen LogP contribution is -2.33. The van der Waals surface area contributed by atoms with E-state index in [4.69, 9.17) is 9.98 Å². The van der Waals surface area contributed by atoms with Crippen molar-refractivity contribution >= 4 is 22.4 Å². The highest BCUT2D eigenvalue weighted by atomic mass is 15.2. The number of nitrogens with zero attached hydrogens (tertiary/aromatic N) is 3. The predicted molar refractivity (Wildman–Crippen MR) is 171 cm³/mol. The zero-order valence-electron chi connectivity index (χ0n) is 22.8. The fraction of sp³-hybridized carbons (Fsp3) is 0.0263. The highest BCUT2D eigenvalue weighted by molar-refractivity contribution is 6.13. The average molecular weight is 539 g/mol. The quantitative estimate of drug-likeness (QED) is 0.239. The number of benzene rings is 6. The molecule has 6 aromatic rings. The van der Waals surface area contributed by atoms with Crippen molar-refractivity contribution in [2.24, 2.45) is 9.98 Å². The summed E-state index contributed by atoms with van der Waals surface area (Å²) in [5.41, 5.74) is 8.01. The third-order valence-electron chi connectivity index (χ3n) is 7.58. The van der Waals surface area contributed by atoms with Gasteiger partial charge in [-0.3, -0.25) is 0 Å². The van der Waals surface area contributed by atoms with Gasteiger partial charge in [0.2, 0.25) is 0 Å². The van der Waals surface area contributed by atoms with E-state index >= 15 is 0 Å². The zero-order chi connectivity index (χ0) is 28.3. The summed E-state index contributed by atoms with van der Waals surface area (Å²) in [6, 6.07) is 51.8. The smallest absolute Gasteiger partial charge is 0.159 e. The first-order chi connectivity index (χ1) is 20.7. The molecule has 0 spiro atoms. The van der Waals surface area contributed by atoms with Gasteiger partial charge in [0, 0.05) is 11.1 Å². The molecular formula is C38H26N4. The minimum absolute atomic E-state index is 0.263. The van der Waals surface area contributed by atoms with E-state index in [9.17, 15) is 5.26 Å². The topological polar surface area (TPSA) is 60.5 Å². The Morgan fingerprint density at radius 3 is 1.90 bits per heavy atom. The minimum Gasteiger partial charge on any atom is -0.344 e. The van der Waals surface area contributed by atoms with Crippen molar-refractivity contribution in [3.8, 4) is 28.3 Å². The first kappa shape index (κ1) is 25.2. The molecule has 0 bridgehead atoms. The molecule has 0 saturated carbocycles. The molecule has 1 atom stereocenters. The molecule has 1 N–H and O–H groups in total. The van der Waals surface area contributed by atoms with Crippen LogP contribution in [0.15, 0.2) is 156 Å². The van der Waals surface area contributed by atoms with Crippen LogP contribution < -0.4 is 5.32 Å². The fourth-order valence-electron chi connectivity index (χ4n) is 5.36. The summed E-state index contributed by atoms with van der Waals surface area (Å²) < 4.78 is 0. The van der Waals surface area contributed by atoms with E-state index < -0.39 is 0 Å². The largest absolute Gasteiger partial charge is 0.344 e. The van der Waals surface area contributed by atoms with Crippen molar-refractivity contribution in [2.45, 2.75) is 6.17 Å². The van der Waals surface area contributed by atoms with Gasteiger partial charge in [0.15, 0.2) is 5.84 Å². The van der Waals surface area contributed by atoms with E-state index in [1.807, 2.05) is 72.8 Å². The Kier molecular flexibility index (Phi) is 6.60. The highest BCUT2D eigenvalue weighted by Gasteiger charge is 2.21. The lowest BCUT2D eigenvalue weighted by Gasteiger charge is -2.23. The van der Waals surface area contributed by atoms with Gasteiger partial charge in [0.05, 0.1) is 11.6 Å². The van der Waals surface area contributed by atoms with Gasteiger partial charge in [0.25, 0.3) is 0 Å². The third kappa shape index (κ3) is 4.96. The van der Waals surface area contributed by atoms with E-state index in [0.29, 0.717) is 11.4 Å². The maximum atomic E-state index is 9.58. The summed E-state index contributed by atoms with van der Waals surface area (Å²) in [4.78, 5) is 9.86. The highest BCUT2D eigenvalue weighted by Crippen LogP contribution is 2.31. The third-order valence-corrected chi connectivity index (χ3v) is 7.58. The molecule has 0 radical (unpaired) electrons. The zero-order valence-corrected chi connectivity index (χ0v) is 22.8. The van der Waals surface area contributed by atoms with Crippen LogP contribution >= 0.6 is 0 Å². The molecule has 0 saturated heterocycles. The molecule has 1 unspecified atom stereocenters. The Morgan fingerprint density at radius 2 is 1.17 bits per heavy atom. The van der Waals surface area contributed by atoms with Gasteiger partial charge in [-0.2, -0.15) is 5.26 Å². The molecular weight excluding hydrogens is 512 g/mol. The lowest BCUT2D eigenvalue weighted by atomic mass is 9.95. The van der Waals surface area contributed by atoms with Crippen LogP contribution in [0.2, 0.25) is 0 Å². The summed E-state index contributed by atoms with van der Waals surface area (Å²) in [5.74, 6) is 1.52. The first-order valence-electron chi connectivity index (χ1n) is 13.9. The van der Waals surface area contributed by atoms with E-state index in [2.05, 4.69) is 84.2 Å². The summed E-state index contributed by atoms with van der Waals surface area (Å²) in [6.45, 7) is 0. The molecule has 42 heavy (non-hydrogen) atoms. The van der Waals surface area contributed by atoms with Crippen molar-refractivity contribution in [1.82, 2.24) is 5.32 Å². The van der Waals surface area contributed by atoms with Gasteiger partial charge in [-0.25, -0.2) is 9.98 Å². The molecule has 4 heteroatoms. The Morgan fingerprint density at radius 1 is 0.548 bits per heavy atom. The van der Waals surface area contributed by atoms with Crippen molar-refractivity contribution in [3.05, 3.63) is 168 Å². The van der Waals surface area contributed by atoms with Crippen molar-refractivity contribution in [3.63, 3.8) is 0 Å². The average Bonchev–Trinajstić information content (AvgIpc) is 3.08. The standard InChI is InChI=1S/C38H26N4/c39-25-33-13-7-8-14-35(33)32-22-18-27-17-21-31(23-34(27)24-32)26-15-19-30(20-16-26)38-41-36(28-9-3-1-4-10-28)40-37(42-38)29-11-5-2-6-12-29/h1-24,38H,(H,40,41,42). The molecule has 0 fully saturated rings. The maximum Gasteiger partial charge on any atom is 0.159 e. The molecule has 0 aliphatic carbocycles. The number of fused-ring (bicyclic) bond motifs is 1. The molecule has 0 aromatic heterocycles. The number of rotatable bonds is 5. The maximum absolute atomic E-state index is 9.58. The van der Waals surface area contributed by atoms with Gasteiger partial charge in [-0.1, -0.05) is 127 Å². The van der Waals surface area contributed by atoms with E-state index in [-0.39, 0.29) is 6.17 Å². The van der Waals surface area contributed by atoms with Crippen molar-refractivity contribution in [1.29, 1.82) is 5.26 Å². The SMILES string of the molecule is N#Cc1ccccc1-c1ccc2ccc(-c3ccc(C4N=C(c5ccccc5)N=C(c5ccccc5)N4)cc3)cc2c1. The number of aliphatic imine (C=N–C) groups is 2. The van der Waals surface area contributed by atoms with E-state index in [1.54, 1.807) is 0 Å². The van der Waals surface area contributed by atoms with Crippen LogP contribution in [0.3, 0.4) is 0 Å². The Hall–Kier alpha value is -5.79. The monoisotopic (exact) mass is 538 g/mol. The van der Waals surface area contributed by atoms with Crippen LogP contribution in [0.1, 0.15) is 28.4 Å². The molecule has 1 heterocycles. The van der Waals surface area contributed by atoms with Crippen LogP contribution in [-0.2, 0) is 0 Å². The van der Waals surface area contributed by atoms with Gasteiger partial charge < -0.3 is 5.32 Å². The first-order valence-corrected chi connectivity index (χ1v) is 13.9. The van der Waals surface area contributed by atoms with Crippen LogP contribution in [0.4, 0.5) is 0 Å². The second-order valence-corrected chi connectivity index (χ2v) is 10.2. The van der Waals surface area contributed by atoms with Crippen molar-refractivity contribution in [2.75, 3.05) is 0 Å². The van der Waals surface area contributed by atoms with Crippen molar-refractivity contribution < 1.29 is 0 Å². The number of hydrogen-bond donors (Lipinski definition) is 1. The summed E-state index contributed by atoms with van der Waals surface area (Å²) in [7, 11) is 0. The van der Waals surface area contributed by atoms with E-state index in [0.717, 1.165) is 55.6 Å². The van der Waals surface area contributed by atoms with E-state index in [1.165, 1.54) is 0 Å². The minimum atomic E-state index is -0.263. The molecule has 198 valence electrons. The molecule has 0 amide bonds. The Bertz CT molecular complexity index is 2000. The second kappa shape index (κ2) is 11.0. The predicted octanol–water partition coefficient (Wildman–Crippen LogP) is 8.54. The molecule has 4 nitrogen and oxygen atoms in total.